The maximum absolute atomic E-state index is 14.3. The number of benzene rings is 7. The van der Waals surface area contributed by atoms with Gasteiger partial charge in [0.25, 0.3) is 0 Å². The zero-order valence-electron chi connectivity index (χ0n) is 35.8. The number of nitrogens with one attached hydrogen (secondary N) is 1. The van der Waals surface area contributed by atoms with Crippen molar-refractivity contribution in [2.75, 3.05) is 23.9 Å². The Labute approximate surface area is 389 Å². The Balaban J connectivity index is 1.27. The van der Waals surface area contributed by atoms with E-state index in [9.17, 15) is 19.2 Å². The molecule has 0 aliphatic carbocycles. The highest BCUT2D eigenvalue weighted by atomic mass is 35.5. The highest BCUT2D eigenvalue weighted by Crippen LogP contribution is 2.60. The maximum atomic E-state index is 14.3. The van der Waals surface area contributed by atoms with Gasteiger partial charge in [0.1, 0.15) is 18.5 Å². The lowest BCUT2D eigenvalue weighted by Gasteiger charge is -2.40. The minimum atomic E-state index is -1.37. The molecule has 1 saturated heterocycles. The number of anilines is 4. The molecule has 2 aliphatic heterocycles. The predicted molar refractivity (Wildman–Crippen MR) is 251 cm³/mol. The number of methoxy groups -OCH3 is 1. The second-order valence-corrected chi connectivity index (χ2v) is 16.9. The van der Waals surface area contributed by atoms with Crippen molar-refractivity contribution in [3.63, 3.8) is 0 Å². The third kappa shape index (κ3) is 8.88. The van der Waals surface area contributed by atoms with Crippen molar-refractivity contribution in [1.82, 2.24) is 0 Å². The first-order valence-electron chi connectivity index (χ1n) is 20.9. The smallest absolute Gasteiger partial charge is 0.338 e. The van der Waals surface area contributed by atoms with Crippen LogP contribution in [0.25, 0.3) is 10.8 Å². The summed E-state index contributed by atoms with van der Waals surface area (Å²) in [6.07, 6.45) is -5.16. The molecule has 2 heterocycles. The molecule has 7 aromatic rings. The molecule has 0 aromatic heterocycles. The molecule has 0 unspecified atom stereocenters. The van der Waals surface area contributed by atoms with Gasteiger partial charge in [0, 0.05) is 27.6 Å². The van der Waals surface area contributed by atoms with Gasteiger partial charge < -0.3 is 38.6 Å². The summed E-state index contributed by atoms with van der Waals surface area (Å²) in [5.74, 6) is -1.85. The molecule has 0 saturated carbocycles. The van der Waals surface area contributed by atoms with Crippen LogP contribution in [0.3, 0.4) is 0 Å². The van der Waals surface area contributed by atoms with Gasteiger partial charge in [0.15, 0.2) is 24.2 Å². The van der Waals surface area contributed by atoms with Crippen LogP contribution in [-0.4, -0.2) is 62.1 Å². The second-order valence-electron chi connectivity index (χ2n) is 15.4. The normalized spacial score (nSPS) is 17.2. The topological polar surface area (TPSA) is 139 Å². The number of carbonyl (C=O) groups is 4. The number of nitrogens with zero attached hydrogens (tertiary/aromatic N) is 1. The van der Waals surface area contributed by atoms with Gasteiger partial charge in [-0.1, -0.05) is 108 Å². The van der Waals surface area contributed by atoms with Gasteiger partial charge in [-0.05, 0) is 79.2 Å². The van der Waals surface area contributed by atoms with E-state index in [1.54, 1.807) is 110 Å². The van der Waals surface area contributed by atoms with Gasteiger partial charge >= 0.3 is 23.9 Å². The van der Waals surface area contributed by atoms with E-state index in [2.05, 4.69) is 5.32 Å². The summed E-state index contributed by atoms with van der Waals surface area (Å²) in [4.78, 5) is 58.0. The van der Waals surface area contributed by atoms with Crippen LogP contribution >= 0.6 is 23.4 Å². The molecule has 66 heavy (non-hydrogen) atoms. The summed E-state index contributed by atoms with van der Waals surface area (Å²) >= 11 is 8.11. The molecule has 1 fully saturated rings. The minimum absolute atomic E-state index is 0.236. The Hall–Kier alpha value is -7.32. The quantitative estimate of drug-likeness (QED) is 0.0707. The van der Waals surface area contributed by atoms with E-state index in [-0.39, 0.29) is 16.9 Å². The Morgan fingerprint density at radius 1 is 0.712 bits per heavy atom. The molecular weight excluding hydrogens is 880 g/mol. The zero-order chi connectivity index (χ0) is 45.9. The summed E-state index contributed by atoms with van der Waals surface area (Å²) < 4.78 is 37.6. The van der Waals surface area contributed by atoms with E-state index in [1.807, 2.05) is 60.4 Å². The van der Waals surface area contributed by atoms with Crippen LogP contribution in [-0.2, 0) is 23.7 Å². The fourth-order valence-electron chi connectivity index (χ4n) is 8.05. The van der Waals surface area contributed by atoms with E-state index < -0.39 is 55.0 Å². The first kappa shape index (κ1) is 43.9. The van der Waals surface area contributed by atoms with Crippen LogP contribution < -0.4 is 19.7 Å². The molecule has 9 rings (SSSR count). The number of rotatable bonds is 12. The Morgan fingerprint density at radius 3 is 1.92 bits per heavy atom. The van der Waals surface area contributed by atoms with Crippen LogP contribution in [0.2, 0.25) is 5.02 Å². The molecule has 332 valence electrons. The fourth-order valence-corrected chi connectivity index (χ4v) is 9.51. The Morgan fingerprint density at radius 2 is 1.30 bits per heavy atom. The van der Waals surface area contributed by atoms with Gasteiger partial charge in [-0.25, -0.2) is 14.4 Å². The molecule has 4 atom stereocenters. The average Bonchev–Trinajstić information content (AvgIpc) is 3.66. The summed E-state index contributed by atoms with van der Waals surface area (Å²) in [5, 5.41) is 5.17. The molecule has 1 N–H and O–H groups in total. The fraction of sp³-hybridized carbons (Fsp3) is 0.154. The van der Waals surface area contributed by atoms with Crippen molar-refractivity contribution in [2.45, 2.75) is 48.2 Å². The van der Waals surface area contributed by atoms with Gasteiger partial charge in [-0.2, -0.15) is 0 Å². The van der Waals surface area contributed by atoms with Crippen molar-refractivity contribution in [3.05, 3.63) is 179 Å². The van der Waals surface area contributed by atoms with Gasteiger partial charge in [-0.3, -0.25) is 4.79 Å². The number of halogens is 1. The minimum Gasteiger partial charge on any atom is -0.495 e. The third-order valence-electron chi connectivity index (χ3n) is 11.0. The highest BCUT2D eigenvalue weighted by Gasteiger charge is 2.54. The first-order chi connectivity index (χ1) is 32.1. The van der Waals surface area contributed by atoms with E-state index in [0.717, 1.165) is 5.56 Å². The van der Waals surface area contributed by atoms with Crippen LogP contribution in [0.5, 0.6) is 11.5 Å². The number of hydrogen-bond acceptors (Lipinski definition) is 13. The molecule has 12 nitrogen and oxygen atoms in total. The van der Waals surface area contributed by atoms with Gasteiger partial charge in [-0.15, -0.1) is 0 Å². The third-order valence-corrected chi connectivity index (χ3v) is 12.4. The van der Waals surface area contributed by atoms with E-state index >= 15 is 0 Å². The molecule has 0 spiro atoms. The van der Waals surface area contributed by atoms with Crippen LogP contribution in [0.15, 0.2) is 161 Å². The van der Waals surface area contributed by atoms with Crippen molar-refractivity contribution < 1.29 is 47.6 Å². The van der Waals surface area contributed by atoms with Gasteiger partial charge in [0.2, 0.25) is 0 Å². The summed E-state index contributed by atoms with van der Waals surface area (Å²) in [7, 11) is 1.57. The summed E-state index contributed by atoms with van der Waals surface area (Å²) in [6.45, 7) is 2.88. The van der Waals surface area contributed by atoms with Crippen molar-refractivity contribution >= 4 is 80.8 Å². The molecule has 7 aromatic carbocycles. The SMILES string of the molecule is COc1ccc(C)cc1Nc1c2c(c3ccccc3c1OC(C)=O)N([C@@H]1O[C@H](COC(=O)c3ccccc3)[C@@H](OC(=O)c3ccccc3)[C@H]1OC(=O)c1ccccc1)c1ccc(Cl)cc1S2. The largest absolute Gasteiger partial charge is 0.495 e. The van der Waals surface area contributed by atoms with E-state index in [4.69, 9.17) is 40.0 Å². The van der Waals surface area contributed by atoms with Crippen molar-refractivity contribution in [3.8, 4) is 11.5 Å². The molecule has 0 radical (unpaired) electrons. The zero-order valence-corrected chi connectivity index (χ0v) is 37.3. The average molecular weight is 921 g/mol. The van der Waals surface area contributed by atoms with Crippen molar-refractivity contribution in [1.29, 1.82) is 0 Å². The molecular formula is C52H41ClN2O10S. The van der Waals surface area contributed by atoms with Crippen LogP contribution in [0.1, 0.15) is 43.6 Å². The predicted octanol–water partition coefficient (Wildman–Crippen LogP) is 11.1. The lowest BCUT2D eigenvalue weighted by atomic mass is 10.0. The lowest BCUT2D eigenvalue weighted by Crippen LogP contribution is -2.47. The summed E-state index contributed by atoms with van der Waals surface area (Å²) in [6, 6.07) is 43.7. The molecule has 14 heteroatoms. The van der Waals surface area contributed by atoms with Crippen LogP contribution in [0.4, 0.5) is 22.7 Å². The number of esters is 4. The summed E-state index contributed by atoms with van der Waals surface area (Å²) in [5.41, 5.74) is 3.88. The number of hydrogen-bond donors (Lipinski definition) is 1. The highest BCUT2D eigenvalue weighted by molar-refractivity contribution is 8.00. The Kier molecular flexibility index (Phi) is 12.7. The Bertz CT molecular complexity index is 2970. The molecule has 0 amide bonds. The molecule has 0 bridgehead atoms. The molecule has 2 aliphatic rings. The number of aryl methyl sites for hydroxylation is 1. The number of ether oxygens (including phenoxy) is 6. The number of carbonyl (C=O) groups excluding carboxylic acids is 4. The lowest BCUT2D eigenvalue weighted by molar-refractivity contribution is -0.131. The second kappa shape index (κ2) is 19.0. The van der Waals surface area contributed by atoms with E-state index in [1.165, 1.54) is 18.7 Å². The monoisotopic (exact) mass is 920 g/mol. The van der Waals surface area contributed by atoms with Gasteiger partial charge in [0.05, 0.1) is 51.4 Å². The first-order valence-corrected chi connectivity index (χ1v) is 22.1. The van der Waals surface area contributed by atoms with Crippen molar-refractivity contribution in [2.24, 2.45) is 0 Å². The van der Waals surface area contributed by atoms with E-state index in [0.29, 0.717) is 59.6 Å². The van der Waals surface area contributed by atoms with Crippen LogP contribution in [0, 0.1) is 6.92 Å². The maximum Gasteiger partial charge on any atom is 0.338 e. The standard InChI is InChI=1S/C52H41ClN2O10S/c1-30-23-26-40(60-3)38(27-30)54-43-45(62-31(2)56)37-22-14-13-21-36(37)44-48(43)66-42-28-35(53)24-25-39(42)55(44)49-47(65-52(59)34-19-11-6-12-20-34)46(64-51(58)33-17-9-5-10-18-33)41(63-49)29-61-50(57)32-15-7-4-8-16-32/h4-28,41,46-47,49,54H,29H2,1-3H3/t41-,46-,47-,49-/m1/s1. The number of fused-ring (bicyclic) bond motifs is 4.